The van der Waals surface area contributed by atoms with Crippen LogP contribution < -0.4 is 0 Å². The van der Waals surface area contributed by atoms with Gasteiger partial charge in [0.05, 0.1) is 122 Å². The monoisotopic (exact) mass is 1410 g/mol. The summed E-state index contributed by atoms with van der Waals surface area (Å²) in [6.07, 6.45) is -5.66. The second-order valence-electron chi connectivity index (χ2n) is 33.7. The first-order valence-electron chi connectivity index (χ1n) is 40.0. The maximum atomic E-state index is 12.2. The summed E-state index contributed by atoms with van der Waals surface area (Å²) in [6.45, 7) is 55.1. The highest BCUT2D eigenvalue weighted by Crippen LogP contribution is 2.55. The standard InChI is InChI=1S/C79H142O20/c1-27-53(49(22)61-71(79(61,26)83)93-65-37(10)35(8)51(24)84-55(65)29-3)86-78-50(23)63(82)70(59(33-7)91-78)99-72-44(17)38(11)64(52(25)85-72)94-77-48(21)42(15)69(60(34-80)92-77)98-76-47(20)41(14)68(58(32-6)90-76)97-75-46(19)40(13)67(57(31-5)89-75)96-74-45(18)39(12)66(56(30-4)88-74)95-73-43(16)36(9)62(81)54(28-2)87-73/h35-78,80-83H,27-34H2,1-26H3/t35?,36?,37?,38?,39?,40-,41-,42?,43?,44?,45?,46?,47?,48?,49?,50?,51-,52-,53+,54-,55-,56-,57?,58?,59?,60-,61?,62+,63-,64+,65+,66+,67-,68-,69+,70+,71-,72-,73-,74-,75+,76+,77-,78-,79?/m1/s1. The lowest BCUT2D eigenvalue weighted by Crippen LogP contribution is -2.61. The van der Waals surface area contributed by atoms with Crippen molar-refractivity contribution in [3.63, 3.8) is 0 Å². The Bertz CT molecular complexity index is 2430. The molecule has 9 rings (SSSR count). The van der Waals surface area contributed by atoms with Crippen molar-refractivity contribution in [2.45, 2.75) is 397 Å². The van der Waals surface area contributed by atoms with Gasteiger partial charge in [-0.15, -0.1) is 0 Å². The van der Waals surface area contributed by atoms with Crippen LogP contribution in [0.15, 0.2) is 0 Å². The number of rotatable bonds is 26. The normalized spacial score (nSPS) is 53.6. The van der Waals surface area contributed by atoms with Crippen LogP contribution in [0.25, 0.3) is 0 Å². The summed E-state index contributed by atoms with van der Waals surface area (Å²) in [6, 6.07) is 0. The smallest absolute Gasteiger partial charge is 0.163 e. The van der Waals surface area contributed by atoms with Gasteiger partial charge in [0.2, 0.25) is 0 Å². The predicted molar refractivity (Wildman–Crippen MR) is 375 cm³/mol. The number of ether oxygens (including phenoxy) is 16. The molecule has 9 aliphatic rings. The van der Waals surface area contributed by atoms with E-state index >= 15 is 0 Å². The van der Waals surface area contributed by atoms with Crippen LogP contribution in [-0.4, -0.2) is 199 Å². The lowest BCUT2D eigenvalue weighted by molar-refractivity contribution is -0.371. The third-order valence-corrected chi connectivity index (χ3v) is 27.7. The predicted octanol–water partition coefficient (Wildman–Crippen LogP) is 12.5. The van der Waals surface area contributed by atoms with E-state index < -0.39 is 98.3 Å². The van der Waals surface area contributed by atoms with Crippen LogP contribution in [0.3, 0.4) is 0 Å². The first kappa shape index (κ1) is 82.3. The lowest BCUT2D eigenvalue weighted by atomic mass is 9.80. The van der Waals surface area contributed by atoms with Gasteiger partial charge in [0.1, 0.15) is 12.2 Å². The summed E-state index contributed by atoms with van der Waals surface area (Å²) < 4.78 is 110. The van der Waals surface area contributed by atoms with Crippen LogP contribution in [0.2, 0.25) is 0 Å². The zero-order chi connectivity index (χ0) is 72.9. The molecule has 0 amide bonds. The summed E-state index contributed by atoms with van der Waals surface area (Å²) in [5.41, 5.74) is -1.01. The molecule has 8 heterocycles. The number of hydrogen-bond donors (Lipinski definition) is 4. The van der Waals surface area contributed by atoms with Gasteiger partial charge in [-0.2, -0.15) is 0 Å². The second kappa shape index (κ2) is 34.6. The molecule has 45 atom stereocenters. The van der Waals surface area contributed by atoms with Gasteiger partial charge in [0.25, 0.3) is 0 Å². The van der Waals surface area contributed by atoms with E-state index in [-0.39, 0.29) is 175 Å². The summed E-state index contributed by atoms with van der Waals surface area (Å²) in [7, 11) is 0. The molecule has 1 saturated carbocycles. The van der Waals surface area contributed by atoms with Crippen LogP contribution in [0.4, 0.5) is 0 Å². The van der Waals surface area contributed by atoms with Crippen molar-refractivity contribution in [1.82, 2.24) is 0 Å². The van der Waals surface area contributed by atoms with Crippen molar-refractivity contribution in [1.29, 1.82) is 0 Å². The van der Waals surface area contributed by atoms with Gasteiger partial charge in [-0.3, -0.25) is 0 Å². The van der Waals surface area contributed by atoms with Crippen LogP contribution in [0, 0.1) is 101 Å². The number of aliphatic hydroxyl groups is 4. The average molecular weight is 1410 g/mol. The van der Waals surface area contributed by atoms with E-state index in [0.717, 1.165) is 25.7 Å². The van der Waals surface area contributed by atoms with Gasteiger partial charge in [0.15, 0.2) is 44.0 Å². The molecule has 19 unspecified atom stereocenters. The van der Waals surface area contributed by atoms with E-state index in [1.807, 2.05) is 34.6 Å². The zero-order valence-corrected chi connectivity index (χ0v) is 65.9. The summed E-state index contributed by atoms with van der Waals surface area (Å²) in [4.78, 5) is 0. The maximum absolute atomic E-state index is 12.2. The summed E-state index contributed by atoms with van der Waals surface area (Å²) in [5.74, 6) is -0.139. The fraction of sp³-hybridized carbons (Fsp3) is 1.00. The van der Waals surface area contributed by atoms with Crippen LogP contribution in [0.5, 0.6) is 0 Å². The van der Waals surface area contributed by atoms with Crippen molar-refractivity contribution < 1.29 is 96.2 Å². The fourth-order valence-electron chi connectivity index (χ4n) is 18.6. The molecule has 20 heteroatoms. The van der Waals surface area contributed by atoms with E-state index in [0.29, 0.717) is 25.2 Å². The Kier molecular flexibility index (Phi) is 28.8. The largest absolute Gasteiger partial charge is 0.394 e. The molecule has 8 aliphatic heterocycles. The highest BCUT2D eigenvalue weighted by Gasteiger charge is 2.67. The molecule has 0 radical (unpaired) electrons. The molecule has 20 nitrogen and oxygen atoms in total. The van der Waals surface area contributed by atoms with E-state index in [1.165, 1.54) is 0 Å². The Morgan fingerprint density at radius 2 is 0.636 bits per heavy atom. The molecule has 0 aromatic rings. The van der Waals surface area contributed by atoms with Gasteiger partial charge in [0, 0.05) is 47.3 Å². The molecule has 0 spiro atoms. The highest BCUT2D eigenvalue weighted by atomic mass is 16.8. The molecule has 99 heavy (non-hydrogen) atoms. The topological polar surface area (TPSA) is 229 Å². The Balaban J connectivity index is 0.760. The average Bonchev–Trinajstić information content (AvgIpc) is 1.56. The van der Waals surface area contributed by atoms with Gasteiger partial charge in [-0.05, 0) is 119 Å². The quantitative estimate of drug-likeness (QED) is 0.0631. The minimum Gasteiger partial charge on any atom is -0.394 e. The van der Waals surface area contributed by atoms with Gasteiger partial charge < -0.3 is 96.2 Å². The number of aliphatic hydroxyl groups excluding tert-OH is 3. The SMILES string of the molecule is CCC1O[C@@H](O[C@H]2C(CC)O[C@@H](O[C@H]3C(C)C(C)[C@@H](O[C@H]4C(C)C(C)[C@@H](O[C@H]5C(CC)O[C@@H](O[C@@H](CC)C(C)C6[C@@H](O[C@H]7C(C)C(C)[C@@H](C)O[C@@H]7CC)C6(C)O)C(C)[C@H]5O)O[C@@H]4C)O[C@@H]3CO)C(C)[C@H]2C)C(C)[C@@H](C)[C@H]1O[C@H]1O[C@H](CC)[C@@H](O[C@H]2O[C@H](CC)[C@@H](O)C(C)C2C)C(C)C1C. The summed E-state index contributed by atoms with van der Waals surface area (Å²) >= 11 is 0. The van der Waals surface area contributed by atoms with E-state index in [2.05, 4.69) is 145 Å². The van der Waals surface area contributed by atoms with Gasteiger partial charge in [-0.25, -0.2) is 0 Å². The fourth-order valence-corrected chi connectivity index (χ4v) is 18.6. The molecule has 8 saturated heterocycles. The molecule has 9 fully saturated rings. The summed E-state index contributed by atoms with van der Waals surface area (Å²) in [5, 5.41) is 46.0. The van der Waals surface area contributed by atoms with Crippen molar-refractivity contribution in [2.24, 2.45) is 101 Å². The molecule has 578 valence electrons. The van der Waals surface area contributed by atoms with Crippen molar-refractivity contribution in [3.05, 3.63) is 0 Å². The van der Waals surface area contributed by atoms with Crippen LogP contribution in [0.1, 0.15) is 225 Å². The molecule has 0 bridgehead atoms. The third kappa shape index (κ3) is 16.8. The molecular formula is C79H142O20. The number of hydrogen-bond acceptors (Lipinski definition) is 20. The third-order valence-electron chi connectivity index (χ3n) is 27.7. The van der Waals surface area contributed by atoms with Crippen molar-refractivity contribution >= 4 is 0 Å². The molecule has 1 aliphatic carbocycles. The Labute approximate surface area is 597 Å². The first-order valence-corrected chi connectivity index (χ1v) is 40.0. The second-order valence-corrected chi connectivity index (χ2v) is 33.7. The van der Waals surface area contributed by atoms with E-state index in [1.54, 1.807) is 0 Å². The minimum atomic E-state index is -1.01. The van der Waals surface area contributed by atoms with Crippen molar-refractivity contribution in [3.8, 4) is 0 Å². The molecule has 0 aromatic heterocycles. The van der Waals surface area contributed by atoms with Gasteiger partial charge >= 0.3 is 0 Å². The molecule has 0 aromatic carbocycles. The Morgan fingerprint density at radius 1 is 0.323 bits per heavy atom. The Morgan fingerprint density at radius 3 is 1.05 bits per heavy atom. The maximum Gasteiger partial charge on any atom is 0.163 e. The molecular weight excluding hydrogens is 1270 g/mol. The van der Waals surface area contributed by atoms with Crippen molar-refractivity contribution in [2.75, 3.05) is 6.61 Å². The van der Waals surface area contributed by atoms with E-state index in [4.69, 9.17) is 75.8 Å². The lowest BCUT2D eigenvalue weighted by Gasteiger charge is -2.52. The first-order chi connectivity index (χ1) is 46.8. The zero-order valence-electron chi connectivity index (χ0n) is 65.9. The van der Waals surface area contributed by atoms with Crippen LogP contribution >= 0.6 is 0 Å². The van der Waals surface area contributed by atoms with Gasteiger partial charge in [-0.1, -0.05) is 159 Å². The van der Waals surface area contributed by atoms with E-state index in [9.17, 15) is 20.4 Å². The minimum absolute atomic E-state index is 0.00713. The Hall–Kier alpha value is -0.800. The highest BCUT2D eigenvalue weighted by molar-refractivity contribution is 5.15. The van der Waals surface area contributed by atoms with Crippen LogP contribution in [-0.2, 0) is 75.8 Å². The molecule has 4 N–H and O–H groups in total.